The quantitative estimate of drug-likeness (QED) is 0.628. The van der Waals surface area contributed by atoms with Crippen LogP contribution in [0.1, 0.15) is 26.2 Å². The zero-order chi connectivity index (χ0) is 9.56. The minimum Gasteiger partial charge on any atom is -0.362 e. The van der Waals surface area contributed by atoms with Crippen LogP contribution in [0.3, 0.4) is 0 Å². The maximum Gasteiger partial charge on any atom is 0.228 e. The van der Waals surface area contributed by atoms with Crippen LogP contribution in [0.4, 0.5) is 13.2 Å². The summed E-state index contributed by atoms with van der Waals surface area (Å²) < 4.78 is 36.2. The Labute approximate surface area is 70.6 Å². The highest BCUT2D eigenvalue weighted by Crippen LogP contribution is 2.18. The van der Waals surface area contributed by atoms with Gasteiger partial charge in [-0.2, -0.15) is 0 Å². The van der Waals surface area contributed by atoms with Gasteiger partial charge in [0.05, 0.1) is 6.67 Å². The summed E-state index contributed by atoms with van der Waals surface area (Å²) in [6, 6.07) is 0. The van der Waals surface area contributed by atoms with Crippen molar-refractivity contribution in [3.05, 3.63) is 0 Å². The Morgan fingerprint density at radius 1 is 1.25 bits per heavy atom. The zero-order valence-electron chi connectivity index (χ0n) is 7.14. The van der Waals surface area contributed by atoms with Crippen molar-refractivity contribution in [3.63, 3.8) is 0 Å². The first kappa shape index (κ1) is 11.8. The molecule has 12 heavy (non-hydrogen) atoms. The Balaban J connectivity index is 3.49. The molecule has 0 aromatic carbocycles. The first-order valence-corrected chi connectivity index (χ1v) is 4.11. The first-order chi connectivity index (χ1) is 5.59. The van der Waals surface area contributed by atoms with Gasteiger partial charge in [-0.15, -0.1) is 0 Å². The van der Waals surface area contributed by atoms with Gasteiger partial charge in [-0.25, -0.2) is 8.78 Å². The highest BCUT2D eigenvalue weighted by Gasteiger charge is 2.23. The number of halogens is 3. The topological polar surface area (TPSA) is 20.2 Å². The van der Waals surface area contributed by atoms with E-state index in [9.17, 15) is 13.2 Å². The van der Waals surface area contributed by atoms with E-state index in [1.807, 2.05) is 0 Å². The molecule has 3 atom stereocenters. The second-order valence-corrected chi connectivity index (χ2v) is 2.98. The number of hydrogen-bond acceptors (Lipinski definition) is 1. The normalized spacial score (nSPS) is 18.8. The summed E-state index contributed by atoms with van der Waals surface area (Å²) in [5.74, 6) is -0.545. The highest BCUT2D eigenvalue weighted by atomic mass is 19.2. The van der Waals surface area contributed by atoms with Crippen LogP contribution in [0.15, 0.2) is 0 Å². The molecule has 1 N–H and O–H groups in total. The van der Waals surface area contributed by atoms with E-state index in [0.717, 1.165) is 0 Å². The molecule has 0 heterocycles. The van der Waals surface area contributed by atoms with Gasteiger partial charge >= 0.3 is 0 Å². The van der Waals surface area contributed by atoms with Crippen LogP contribution in [0.5, 0.6) is 0 Å². The summed E-state index contributed by atoms with van der Waals surface area (Å²) in [7, 11) is 0. The Kier molecular flexibility index (Phi) is 6.16. The molecule has 74 valence electrons. The first-order valence-electron chi connectivity index (χ1n) is 4.11. The molecule has 0 amide bonds. The standard InChI is InChI=1S/C8H15F3O/c1-6(4-2-3-5-9)7(10)8(11)12/h6-8,12H,2-5H2,1H3. The lowest BCUT2D eigenvalue weighted by atomic mass is 9.99. The molecular formula is C8H15F3O. The highest BCUT2D eigenvalue weighted by molar-refractivity contribution is 4.66. The molecule has 0 saturated heterocycles. The number of alkyl halides is 3. The lowest BCUT2D eigenvalue weighted by Crippen LogP contribution is -2.24. The Morgan fingerprint density at radius 3 is 2.25 bits per heavy atom. The molecule has 0 aromatic rings. The lowest BCUT2D eigenvalue weighted by Gasteiger charge is -2.16. The van der Waals surface area contributed by atoms with E-state index < -0.39 is 25.1 Å². The van der Waals surface area contributed by atoms with E-state index in [1.165, 1.54) is 6.92 Å². The van der Waals surface area contributed by atoms with Crippen LogP contribution < -0.4 is 0 Å². The number of rotatable bonds is 6. The van der Waals surface area contributed by atoms with E-state index in [-0.39, 0.29) is 0 Å². The van der Waals surface area contributed by atoms with Crippen molar-refractivity contribution in [2.24, 2.45) is 5.92 Å². The molecular weight excluding hydrogens is 169 g/mol. The summed E-state index contributed by atoms with van der Waals surface area (Å²) in [4.78, 5) is 0. The molecule has 0 radical (unpaired) electrons. The summed E-state index contributed by atoms with van der Waals surface area (Å²) in [5, 5.41) is 8.23. The van der Waals surface area contributed by atoms with Crippen LogP contribution in [0.25, 0.3) is 0 Å². The van der Waals surface area contributed by atoms with Crippen LogP contribution in [-0.2, 0) is 0 Å². The van der Waals surface area contributed by atoms with Gasteiger partial charge in [0.25, 0.3) is 0 Å². The van der Waals surface area contributed by atoms with E-state index in [0.29, 0.717) is 19.3 Å². The van der Waals surface area contributed by atoms with E-state index in [2.05, 4.69) is 0 Å². The molecule has 0 bridgehead atoms. The molecule has 0 fully saturated rings. The number of aliphatic hydroxyl groups is 1. The molecule has 0 aromatic heterocycles. The third-order valence-corrected chi connectivity index (χ3v) is 1.85. The molecule has 0 rings (SSSR count). The van der Waals surface area contributed by atoms with Gasteiger partial charge in [-0.3, -0.25) is 4.39 Å². The summed E-state index contributed by atoms with van der Waals surface area (Å²) in [6.45, 7) is 1.08. The molecule has 3 unspecified atom stereocenters. The average molecular weight is 184 g/mol. The van der Waals surface area contributed by atoms with E-state index >= 15 is 0 Å². The van der Waals surface area contributed by atoms with Crippen molar-refractivity contribution >= 4 is 0 Å². The molecule has 0 saturated carbocycles. The van der Waals surface area contributed by atoms with Crippen LogP contribution in [-0.4, -0.2) is 24.3 Å². The second-order valence-electron chi connectivity index (χ2n) is 2.98. The summed E-state index contributed by atoms with van der Waals surface area (Å²) in [6.07, 6.45) is -2.94. The smallest absolute Gasteiger partial charge is 0.228 e. The largest absolute Gasteiger partial charge is 0.362 e. The average Bonchev–Trinajstić information content (AvgIpc) is 2.03. The molecule has 4 heteroatoms. The number of unbranched alkanes of at least 4 members (excludes halogenated alkanes) is 1. The SMILES string of the molecule is CC(CCCCF)C(F)C(O)F. The zero-order valence-corrected chi connectivity index (χ0v) is 7.14. The van der Waals surface area contributed by atoms with Gasteiger partial charge in [0.2, 0.25) is 6.36 Å². The summed E-state index contributed by atoms with van der Waals surface area (Å²) in [5.41, 5.74) is 0. The summed E-state index contributed by atoms with van der Waals surface area (Å²) >= 11 is 0. The van der Waals surface area contributed by atoms with Crippen LogP contribution in [0, 0.1) is 5.92 Å². The van der Waals surface area contributed by atoms with Crippen LogP contribution in [0.2, 0.25) is 0 Å². The van der Waals surface area contributed by atoms with Gasteiger partial charge in [0.15, 0.2) is 6.17 Å². The Morgan fingerprint density at radius 2 is 1.83 bits per heavy atom. The van der Waals surface area contributed by atoms with Gasteiger partial charge in [-0.1, -0.05) is 13.3 Å². The fourth-order valence-electron chi connectivity index (χ4n) is 0.991. The van der Waals surface area contributed by atoms with Crippen molar-refractivity contribution in [2.75, 3.05) is 6.67 Å². The van der Waals surface area contributed by atoms with Gasteiger partial charge in [0, 0.05) is 0 Å². The fraction of sp³-hybridized carbons (Fsp3) is 1.00. The van der Waals surface area contributed by atoms with Crippen LogP contribution >= 0.6 is 0 Å². The molecule has 0 aliphatic rings. The van der Waals surface area contributed by atoms with Crippen molar-refractivity contribution in [3.8, 4) is 0 Å². The van der Waals surface area contributed by atoms with E-state index in [4.69, 9.17) is 5.11 Å². The number of aliphatic hydroxyl groups excluding tert-OH is 1. The van der Waals surface area contributed by atoms with Gasteiger partial charge < -0.3 is 5.11 Å². The fourth-order valence-corrected chi connectivity index (χ4v) is 0.991. The van der Waals surface area contributed by atoms with Gasteiger partial charge in [-0.05, 0) is 18.8 Å². The second kappa shape index (κ2) is 6.29. The Bertz CT molecular complexity index is 108. The van der Waals surface area contributed by atoms with Gasteiger partial charge in [0.1, 0.15) is 0 Å². The van der Waals surface area contributed by atoms with Crippen molar-refractivity contribution in [1.82, 2.24) is 0 Å². The molecule has 0 aliphatic heterocycles. The molecule has 0 aliphatic carbocycles. The third kappa shape index (κ3) is 4.59. The monoisotopic (exact) mass is 184 g/mol. The minimum atomic E-state index is -2.41. The predicted molar refractivity (Wildman–Crippen MR) is 41.0 cm³/mol. The third-order valence-electron chi connectivity index (χ3n) is 1.85. The molecule has 1 nitrogen and oxygen atoms in total. The maximum atomic E-state index is 12.6. The lowest BCUT2D eigenvalue weighted by molar-refractivity contribution is -0.0488. The predicted octanol–water partition coefficient (Wildman–Crippen LogP) is 2.39. The van der Waals surface area contributed by atoms with E-state index in [1.54, 1.807) is 0 Å². The minimum absolute atomic E-state index is 0.374. The molecule has 0 spiro atoms. The van der Waals surface area contributed by atoms with Crippen molar-refractivity contribution < 1.29 is 18.3 Å². The number of hydrogen-bond donors (Lipinski definition) is 1. The van der Waals surface area contributed by atoms with Crippen molar-refractivity contribution in [1.29, 1.82) is 0 Å². The van der Waals surface area contributed by atoms with Crippen molar-refractivity contribution in [2.45, 2.75) is 38.7 Å². The Hall–Kier alpha value is -0.250. The maximum absolute atomic E-state index is 12.6.